The Morgan fingerprint density at radius 3 is 2.59 bits per heavy atom. The molecule has 0 saturated carbocycles. The summed E-state index contributed by atoms with van der Waals surface area (Å²) in [4.78, 5) is 23.4. The van der Waals surface area contributed by atoms with Crippen LogP contribution in [-0.4, -0.2) is 24.0 Å². The quantitative estimate of drug-likeness (QED) is 0.649. The summed E-state index contributed by atoms with van der Waals surface area (Å²) in [5.74, 6) is 2.68. The van der Waals surface area contributed by atoms with Gasteiger partial charge in [0.05, 0.1) is 0 Å². The molecule has 0 spiro atoms. The van der Waals surface area contributed by atoms with E-state index in [0.29, 0.717) is 25.8 Å². The first-order valence-corrected chi connectivity index (χ1v) is 7.35. The summed E-state index contributed by atoms with van der Waals surface area (Å²) < 4.78 is 5.11. The van der Waals surface area contributed by atoms with Crippen LogP contribution < -0.4 is 5.32 Å². The van der Waals surface area contributed by atoms with Gasteiger partial charge < -0.3 is 10.1 Å². The maximum atomic E-state index is 11.9. The van der Waals surface area contributed by atoms with Gasteiger partial charge in [-0.3, -0.25) is 4.79 Å². The van der Waals surface area contributed by atoms with Gasteiger partial charge in [-0.15, -0.1) is 6.42 Å². The van der Waals surface area contributed by atoms with Crippen LogP contribution in [0.5, 0.6) is 0 Å². The third-order valence-corrected chi connectivity index (χ3v) is 2.86. The van der Waals surface area contributed by atoms with Crippen molar-refractivity contribution in [3.63, 3.8) is 0 Å². The molecule has 0 unspecified atom stereocenters. The highest BCUT2D eigenvalue weighted by molar-refractivity contribution is 5.81. The monoisotopic (exact) mass is 301 g/mol. The average molecular weight is 301 g/mol. The first kappa shape index (κ1) is 17.8. The second-order valence-electron chi connectivity index (χ2n) is 6.05. The summed E-state index contributed by atoms with van der Waals surface area (Å²) in [6.07, 6.45) is 6.25. The van der Waals surface area contributed by atoms with Gasteiger partial charge in [-0.05, 0) is 38.8 Å². The maximum Gasteiger partial charge on any atom is 0.407 e. The molecule has 1 aromatic rings. The number of Topliss-reactive ketones (excluding diaryl/α,β-unsaturated/α-hetero) is 1. The van der Waals surface area contributed by atoms with Gasteiger partial charge in [-0.25, -0.2) is 4.79 Å². The van der Waals surface area contributed by atoms with E-state index in [-0.39, 0.29) is 5.78 Å². The molecule has 1 aromatic carbocycles. The fourth-order valence-corrected chi connectivity index (χ4v) is 1.91. The molecule has 0 saturated heterocycles. The molecule has 0 radical (unpaired) electrons. The van der Waals surface area contributed by atoms with Crippen LogP contribution in [-0.2, 0) is 16.0 Å². The second kappa shape index (κ2) is 8.23. The predicted molar refractivity (Wildman–Crippen MR) is 86.6 cm³/mol. The average Bonchev–Trinajstić information content (AvgIpc) is 2.42. The van der Waals surface area contributed by atoms with E-state index in [1.165, 1.54) is 0 Å². The van der Waals surface area contributed by atoms with E-state index >= 15 is 0 Å². The van der Waals surface area contributed by atoms with Gasteiger partial charge in [-0.1, -0.05) is 24.1 Å². The number of amides is 1. The molecule has 4 nitrogen and oxygen atoms in total. The Morgan fingerprint density at radius 1 is 1.27 bits per heavy atom. The Bertz CT molecular complexity index is 564. The van der Waals surface area contributed by atoms with Crippen molar-refractivity contribution in [1.82, 2.24) is 5.32 Å². The zero-order valence-electron chi connectivity index (χ0n) is 13.4. The van der Waals surface area contributed by atoms with E-state index in [9.17, 15) is 9.59 Å². The highest BCUT2D eigenvalue weighted by Crippen LogP contribution is 2.10. The van der Waals surface area contributed by atoms with Crippen LogP contribution in [0.15, 0.2) is 24.3 Å². The summed E-state index contributed by atoms with van der Waals surface area (Å²) in [7, 11) is 0. The minimum Gasteiger partial charge on any atom is -0.444 e. The maximum absolute atomic E-state index is 11.9. The van der Waals surface area contributed by atoms with Crippen molar-refractivity contribution < 1.29 is 14.3 Å². The number of ketones is 1. The lowest BCUT2D eigenvalue weighted by Gasteiger charge is -2.19. The molecule has 0 bridgehead atoms. The normalized spacial score (nSPS) is 10.6. The lowest BCUT2D eigenvalue weighted by Crippen LogP contribution is -2.33. The lowest BCUT2D eigenvalue weighted by atomic mass is 10.0. The number of hydrogen-bond acceptors (Lipinski definition) is 3. The predicted octanol–water partition coefficient (Wildman–Crippen LogP) is 3.08. The molecule has 118 valence electrons. The first-order valence-electron chi connectivity index (χ1n) is 7.35. The third kappa shape index (κ3) is 6.94. The lowest BCUT2D eigenvalue weighted by molar-refractivity contribution is -0.118. The van der Waals surface area contributed by atoms with Crippen molar-refractivity contribution in [1.29, 1.82) is 0 Å². The van der Waals surface area contributed by atoms with Gasteiger partial charge in [0.25, 0.3) is 0 Å². The van der Waals surface area contributed by atoms with Crippen LogP contribution in [0.1, 0.15) is 44.7 Å². The summed E-state index contributed by atoms with van der Waals surface area (Å²) in [5.41, 5.74) is 1.11. The summed E-state index contributed by atoms with van der Waals surface area (Å²) in [5, 5.41) is 2.64. The van der Waals surface area contributed by atoms with E-state index in [2.05, 4.69) is 11.2 Å². The first-order chi connectivity index (χ1) is 10.3. The SMILES string of the molecule is C#Cc1ccccc1CC(=O)CCCNC(=O)OC(C)(C)C. The Kier molecular flexibility index (Phi) is 6.65. The number of terminal acetylenes is 1. The highest BCUT2D eigenvalue weighted by atomic mass is 16.6. The minimum absolute atomic E-state index is 0.105. The van der Waals surface area contributed by atoms with Gasteiger partial charge >= 0.3 is 6.09 Å². The molecule has 0 aliphatic heterocycles. The van der Waals surface area contributed by atoms with Gasteiger partial charge in [0.2, 0.25) is 0 Å². The van der Waals surface area contributed by atoms with Crippen molar-refractivity contribution in [2.75, 3.05) is 6.54 Å². The van der Waals surface area contributed by atoms with E-state index in [0.717, 1.165) is 11.1 Å². The molecular formula is C18H23NO3. The van der Waals surface area contributed by atoms with E-state index < -0.39 is 11.7 Å². The topological polar surface area (TPSA) is 55.4 Å². The van der Waals surface area contributed by atoms with Crippen LogP contribution in [0, 0.1) is 12.3 Å². The van der Waals surface area contributed by atoms with E-state index in [1.807, 2.05) is 24.3 Å². The zero-order valence-corrected chi connectivity index (χ0v) is 13.4. The van der Waals surface area contributed by atoms with Crippen LogP contribution >= 0.6 is 0 Å². The fourth-order valence-electron chi connectivity index (χ4n) is 1.91. The van der Waals surface area contributed by atoms with Gasteiger partial charge in [0, 0.05) is 24.9 Å². The van der Waals surface area contributed by atoms with Gasteiger partial charge in [-0.2, -0.15) is 0 Å². The standard InChI is InChI=1S/C18H23NO3/c1-5-14-9-6-7-10-15(14)13-16(20)11-8-12-19-17(21)22-18(2,3)4/h1,6-7,9-10H,8,11-13H2,2-4H3,(H,19,21). The molecule has 22 heavy (non-hydrogen) atoms. The summed E-state index contributed by atoms with van der Waals surface area (Å²) in [6, 6.07) is 7.42. The van der Waals surface area contributed by atoms with E-state index in [4.69, 9.17) is 11.2 Å². The number of ether oxygens (including phenoxy) is 1. The highest BCUT2D eigenvalue weighted by Gasteiger charge is 2.15. The minimum atomic E-state index is -0.515. The van der Waals surface area contributed by atoms with Crippen LogP contribution in [0.25, 0.3) is 0 Å². The van der Waals surface area contributed by atoms with Crippen molar-refractivity contribution in [2.24, 2.45) is 0 Å². The zero-order chi connectivity index (χ0) is 16.6. The molecular weight excluding hydrogens is 278 g/mol. The van der Waals surface area contributed by atoms with Crippen LogP contribution in [0.4, 0.5) is 4.79 Å². The van der Waals surface area contributed by atoms with Gasteiger partial charge in [0.1, 0.15) is 11.4 Å². The Hall–Kier alpha value is -2.28. The Morgan fingerprint density at radius 2 is 1.95 bits per heavy atom. The number of alkyl carbamates (subject to hydrolysis) is 1. The van der Waals surface area contributed by atoms with Crippen LogP contribution in [0.2, 0.25) is 0 Å². The number of carbonyl (C=O) groups is 2. The molecule has 4 heteroatoms. The largest absolute Gasteiger partial charge is 0.444 e. The number of rotatable bonds is 6. The van der Waals surface area contributed by atoms with Crippen molar-refractivity contribution >= 4 is 11.9 Å². The Labute approximate surface area is 132 Å². The van der Waals surface area contributed by atoms with E-state index in [1.54, 1.807) is 20.8 Å². The third-order valence-electron chi connectivity index (χ3n) is 2.86. The fraction of sp³-hybridized carbons (Fsp3) is 0.444. The molecule has 0 aromatic heterocycles. The summed E-state index contributed by atoms with van der Waals surface area (Å²) >= 11 is 0. The molecule has 0 heterocycles. The Balaban J connectivity index is 2.30. The molecule has 0 atom stereocenters. The van der Waals surface area contributed by atoms with Crippen molar-refractivity contribution in [3.8, 4) is 12.3 Å². The smallest absolute Gasteiger partial charge is 0.407 e. The molecule has 0 aliphatic carbocycles. The molecule has 1 rings (SSSR count). The van der Waals surface area contributed by atoms with Crippen molar-refractivity contribution in [2.45, 2.75) is 45.6 Å². The van der Waals surface area contributed by atoms with Gasteiger partial charge in [0.15, 0.2) is 0 Å². The molecule has 1 amide bonds. The number of benzene rings is 1. The molecule has 0 fully saturated rings. The summed E-state index contributed by atoms with van der Waals surface area (Å²) in [6.45, 7) is 5.83. The second-order valence-corrected chi connectivity index (χ2v) is 6.05. The number of carbonyl (C=O) groups excluding carboxylic acids is 2. The number of hydrogen-bond donors (Lipinski definition) is 1. The van der Waals surface area contributed by atoms with Crippen molar-refractivity contribution in [3.05, 3.63) is 35.4 Å². The molecule has 1 N–H and O–H groups in total. The van der Waals surface area contributed by atoms with Crippen LogP contribution in [0.3, 0.4) is 0 Å². The number of nitrogens with one attached hydrogen (secondary N) is 1. The molecule has 0 aliphatic rings.